The van der Waals surface area contributed by atoms with E-state index >= 15 is 0 Å². The monoisotopic (exact) mass is 274 g/mol. The van der Waals surface area contributed by atoms with Gasteiger partial charge in [-0.05, 0) is 23.1 Å². The van der Waals surface area contributed by atoms with Gasteiger partial charge in [0.2, 0.25) is 0 Å². The summed E-state index contributed by atoms with van der Waals surface area (Å²) in [4.78, 5) is 11.2. The first-order chi connectivity index (χ1) is 9.34. The third-order valence-electron chi connectivity index (χ3n) is 3.20. The summed E-state index contributed by atoms with van der Waals surface area (Å²) in [5, 5.41) is 15.8. The quantitative estimate of drug-likeness (QED) is 0.901. The van der Waals surface area contributed by atoms with Gasteiger partial charge >= 0.3 is 5.97 Å². The normalized spacial score (nSPS) is 11.4. The van der Waals surface area contributed by atoms with Crippen LogP contribution in [0.5, 0.6) is 5.75 Å². The van der Waals surface area contributed by atoms with Gasteiger partial charge < -0.3 is 9.84 Å². The van der Waals surface area contributed by atoms with Crippen molar-refractivity contribution in [2.75, 3.05) is 7.11 Å². The number of nitrogens with zero attached hydrogens (tertiary/aromatic N) is 1. The largest absolute Gasteiger partial charge is 0.496 e. The van der Waals surface area contributed by atoms with Crippen molar-refractivity contribution in [1.82, 2.24) is 10.2 Å². The molecule has 0 aliphatic carbocycles. The number of benzene rings is 1. The van der Waals surface area contributed by atoms with E-state index in [2.05, 4.69) is 31.0 Å². The van der Waals surface area contributed by atoms with Gasteiger partial charge in [-0.3, -0.25) is 5.10 Å². The van der Waals surface area contributed by atoms with Crippen LogP contribution in [0.25, 0.3) is 11.3 Å². The summed E-state index contributed by atoms with van der Waals surface area (Å²) in [6.07, 6.45) is 1.31. The molecule has 106 valence electrons. The van der Waals surface area contributed by atoms with E-state index in [1.165, 1.54) is 6.20 Å². The Labute approximate surface area is 117 Å². The molecule has 1 aromatic carbocycles. The van der Waals surface area contributed by atoms with Crippen LogP contribution in [0, 0.1) is 0 Å². The molecule has 0 saturated carbocycles. The fourth-order valence-corrected chi connectivity index (χ4v) is 2.02. The minimum absolute atomic E-state index is 0.0373. The topological polar surface area (TPSA) is 75.2 Å². The van der Waals surface area contributed by atoms with Gasteiger partial charge in [0.15, 0.2) is 0 Å². The summed E-state index contributed by atoms with van der Waals surface area (Å²) >= 11 is 0. The molecule has 0 saturated heterocycles. The second-order valence-electron chi connectivity index (χ2n) is 5.63. The first-order valence-corrected chi connectivity index (χ1v) is 6.30. The average Bonchev–Trinajstić information content (AvgIpc) is 2.86. The number of hydrogen-bond acceptors (Lipinski definition) is 3. The maximum absolute atomic E-state index is 11.2. The minimum Gasteiger partial charge on any atom is -0.496 e. The first-order valence-electron chi connectivity index (χ1n) is 6.30. The minimum atomic E-state index is -1.02. The number of carboxylic acid groups (broad SMARTS) is 1. The standard InChI is InChI=1S/C15H18N2O3/c1-15(2,3)9-5-6-12(20-4)10(7-9)13-11(14(18)19)8-16-17-13/h5-8H,1-4H3,(H,16,17)(H,18,19). The summed E-state index contributed by atoms with van der Waals surface area (Å²) in [7, 11) is 1.56. The highest BCUT2D eigenvalue weighted by atomic mass is 16.5. The molecule has 2 aromatic rings. The lowest BCUT2D eigenvalue weighted by molar-refractivity contribution is 0.0698. The summed E-state index contributed by atoms with van der Waals surface area (Å²) in [6.45, 7) is 6.30. The fourth-order valence-electron chi connectivity index (χ4n) is 2.02. The SMILES string of the molecule is COc1ccc(C(C)(C)C)cc1-c1[nH]ncc1C(=O)O. The predicted molar refractivity (Wildman–Crippen MR) is 76.2 cm³/mol. The number of rotatable bonds is 3. The van der Waals surface area contributed by atoms with Crippen LogP contribution < -0.4 is 4.74 Å². The zero-order chi connectivity index (χ0) is 14.9. The van der Waals surface area contributed by atoms with Crippen molar-refractivity contribution < 1.29 is 14.6 Å². The Morgan fingerprint density at radius 3 is 2.60 bits per heavy atom. The van der Waals surface area contributed by atoms with Gasteiger partial charge in [-0.25, -0.2) is 4.79 Å². The molecule has 0 bridgehead atoms. The number of carboxylic acids is 1. The van der Waals surface area contributed by atoms with Gasteiger partial charge in [-0.15, -0.1) is 0 Å². The van der Waals surface area contributed by atoms with Gasteiger partial charge in [0.1, 0.15) is 11.3 Å². The maximum atomic E-state index is 11.2. The van der Waals surface area contributed by atoms with Crippen molar-refractivity contribution in [1.29, 1.82) is 0 Å². The molecule has 1 heterocycles. The van der Waals surface area contributed by atoms with E-state index in [9.17, 15) is 9.90 Å². The highest BCUT2D eigenvalue weighted by molar-refractivity contribution is 5.95. The molecule has 5 nitrogen and oxygen atoms in total. The highest BCUT2D eigenvalue weighted by Gasteiger charge is 2.21. The molecule has 5 heteroatoms. The van der Waals surface area contributed by atoms with Crippen molar-refractivity contribution in [3.8, 4) is 17.0 Å². The number of ether oxygens (including phenoxy) is 1. The molecule has 0 atom stereocenters. The first kappa shape index (κ1) is 14.1. The second-order valence-corrected chi connectivity index (χ2v) is 5.63. The molecule has 20 heavy (non-hydrogen) atoms. The van der Waals surface area contributed by atoms with Crippen LogP contribution in [0.4, 0.5) is 0 Å². The molecular weight excluding hydrogens is 256 g/mol. The van der Waals surface area contributed by atoms with E-state index < -0.39 is 5.97 Å². The van der Waals surface area contributed by atoms with E-state index in [0.717, 1.165) is 5.56 Å². The molecule has 1 aromatic heterocycles. The molecule has 0 radical (unpaired) electrons. The molecule has 0 spiro atoms. The average molecular weight is 274 g/mol. The van der Waals surface area contributed by atoms with Crippen LogP contribution in [-0.4, -0.2) is 28.4 Å². The lowest BCUT2D eigenvalue weighted by Gasteiger charge is -2.21. The third kappa shape index (κ3) is 2.52. The lowest BCUT2D eigenvalue weighted by atomic mass is 9.85. The number of aromatic nitrogens is 2. The summed E-state index contributed by atoms with van der Waals surface area (Å²) in [5.74, 6) is -0.401. The Kier molecular flexibility index (Phi) is 3.53. The Balaban J connectivity index is 2.65. The molecule has 0 aliphatic rings. The van der Waals surface area contributed by atoms with E-state index in [-0.39, 0.29) is 11.0 Å². The Bertz CT molecular complexity index is 639. The number of methoxy groups -OCH3 is 1. The zero-order valence-electron chi connectivity index (χ0n) is 12.0. The van der Waals surface area contributed by atoms with Crippen molar-refractivity contribution >= 4 is 5.97 Å². The highest BCUT2D eigenvalue weighted by Crippen LogP contribution is 2.35. The van der Waals surface area contributed by atoms with E-state index in [4.69, 9.17) is 4.74 Å². The Hall–Kier alpha value is -2.30. The number of aromatic carboxylic acids is 1. The molecule has 0 aliphatic heterocycles. The number of hydrogen-bond donors (Lipinski definition) is 2. The van der Waals surface area contributed by atoms with Crippen LogP contribution in [0.1, 0.15) is 36.7 Å². The van der Waals surface area contributed by atoms with Crippen molar-refractivity contribution in [2.24, 2.45) is 0 Å². The zero-order valence-corrected chi connectivity index (χ0v) is 12.0. The number of nitrogens with one attached hydrogen (secondary N) is 1. The molecule has 0 fully saturated rings. The molecule has 2 N–H and O–H groups in total. The fraction of sp³-hybridized carbons (Fsp3) is 0.333. The predicted octanol–water partition coefficient (Wildman–Crippen LogP) is 3.08. The van der Waals surface area contributed by atoms with Gasteiger partial charge in [-0.2, -0.15) is 5.10 Å². The molecule has 2 rings (SSSR count). The Morgan fingerprint density at radius 1 is 1.35 bits per heavy atom. The molecule has 0 amide bonds. The maximum Gasteiger partial charge on any atom is 0.339 e. The van der Waals surface area contributed by atoms with Crippen molar-refractivity contribution in [3.05, 3.63) is 35.5 Å². The van der Waals surface area contributed by atoms with Crippen LogP contribution in [0.15, 0.2) is 24.4 Å². The lowest BCUT2D eigenvalue weighted by Crippen LogP contribution is -2.11. The second kappa shape index (κ2) is 5.00. The molecule has 0 unspecified atom stereocenters. The number of aromatic amines is 1. The summed E-state index contributed by atoms with van der Waals surface area (Å²) < 4.78 is 5.33. The van der Waals surface area contributed by atoms with Crippen LogP contribution in [0.2, 0.25) is 0 Å². The van der Waals surface area contributed by atoms with Gasteiger partial charge in [0, 0.05) is 5.56 Å². The Morgan fingerprint density at radius 2 is 2.05 bits per heavy atom. The number of carbonyl (C=O) groups is 1. The number of H-pyrrole nitrogens is 1. The summed E-state index contributed by atoms with van der Waals surface area (Å²) in [5.41, 5.74) is 2.36. The third-order valence-corrected chi connectivity index (χ3v) is 3.20. The van der Waals surface area contributed by atoms with E-state index in [1.54, 1.807) is 7.11 Å². The van der Waals surface area contributed by atoms with Crippen LogP contribution >= 0.6 is 0 Å². The van der Waals surface area contributed by atoms with Crippen molar-refractivity contribution in [3.63, 3.8) is 0 Å². The smallest absolute Gasteiger partial charge is 0.339 e. The van der Waals surface area contributed by atoms with E-state index in [1.807, 2.05) is 18.2 Å². The molecular formula is C15H18N2O3. The van der Waals surface area contributed by atoms with Gasteiger partial charge in [0.25, 0.3) is 0 Å². The summed E-state index contributed by atoms with van der Waals surface area (Å²) in [6, 6.07) is 5.78. The van der Waals surface area contributed by atoms with Crippen molar-refractivity contribution in [2.45, 2.75) is 26.2 Å². The van der Waals surface area contributed by atoms with Gasteiger partial charge in [-0.1, -0.05) is 26.8 Å². The van der Waals surface area contributed by atoms with Crippen LogP contribution in [0.3, 0.4) is 0 Å². The van der Waals surface area contributed by atoms with Gasteiger partial charge in [0.05, 0.1) is 19.0 Å². The van der Waals surface area contributed by atoms with Crippen LogP contribution in [-0.2, 0) is 5.41 Å². The van der Waals surface area contributed by atoms with E-state index in [0.29, 0.717) is 17.0 Å².